The average molecular weight is 324 g/mol. The Hall–Kier alpha value is -2.00. The highest BCUT2D eigenvalue weighted by atomic mass is 16.3. The minimum atomic E-state index is -0.350. The van der Waals surface area contributed by atoms with Crippen molar-refractivity contribution < 1.29 is 14.7 Å². The Morgan fingerprint density at radius 2 is 1.88 bits per heavy atom. The number of aliphatic hydroxyl groups is 1. The van der Waals surface area contributed by atoms with Crippen LogP contribution in [0.3, 0.4) is 0 Å². The Kier molecular flexibility index (Phi) is 4.08. The summed E-state index contributed by atoms with van der Waals surface area (Å²) in [4.78, 5) is 24.2. The number of allylic oxidation sites excluding steroid dienone is 3. The normalized spacial score (nSPS) is 25.8. The number of hydrogen-bond donors (Lipinski definition) is 1. The molecule has 2 unspecified atom stereocenters. The van der Waals surface area contributed by atoms with Crippen molar-refractivity contribution in [3.8, 4) is 0 Å². The third-order valence-corrected chi connectivity index (χ3v) is 5.89. The second kappa shape index (κ2) is 5.82. The molecule has 0 heterocycles. The van der Waals surface area contributed by atoms with Crippen LogP contribution in [0.1, 0.15) is 58.5 Å². The molecule has 0 aromatic heterocycles. The van der Waals surface area contributed by atoms with Gasteiger partial charge in [-0.1, -0.05) is 38.1 Å². The van der Waals surface area contributed by atoms with Crippen LogP contribution in [-0.4, -0.2) is 22.8 Å². The fraction of sp³-hybridized carbons (Fsp3) is 0.429. The first-order valence-corrected chi connectivity index (χ1v) is 8.48. The van der Waals surface area contributed by atoms with Gasteiger partial charge in [-0.15, -0.1) is 0 Å². The van der Waals surface area contributed by atoms with Crippen molar-refractivity contribution in [2.45, 2.75) is 46.1 Å². The van der Waals surface area contributed by atoms with Gasteiger partial charge in [0.25, 0.3) is 0 Å². The first-order chi connectivity index (χ1) is 11.2. The van der Waals surface area contributed by atoms with Gasteiger partial charge < -0.3 is 5.11 Å². The van der Waals surface area contributed by atoms with Crippen molar-refractivity contribution in [1.29, 1.82) is 0 Å². The topological polar surface area (TPSA) is 54.4 Å². The Bertz CT molecular complexity index is 768. The summed E-state index contributed by atoms with van der Waals surface area (Å²) in [5.74, 6) is -0.0641. The molecule has 24 heavy (non-hydrogen) atoms. The van der Waals surface area contributed by atoms with Crippen LogP contribution in [0, 0.1) is 18.3 Å². The van der Waals surface area contributed by atoms with E-state index >= 15 is 0 Å². The minimum Gasteiger partial charge on any atom is -0.393 e. The zero-order valence-electron chi connectivity index (χ0n) is 14.6. The molecule has 2 atom stereocenters. The van der Waals surface area contributed by atoms with Gasteiger partial charge in [0, 0.05) is 11.1 Å². The fourth-order valence-electron chi connectivity index (χ4n) is 4.08. The van der Waals surface area contributed by atoms with E-state index in [2.05, 4.69) is 20.4 Å². The highest BCUT2D eigenvalue weighted by Crippen LogP contribution is 2.45. The molecule has 3 nitrogen and oxygen atoms in total. The van der Waals surface area contributed by atoms with Gasteiger partial charge in [0.2, 0.25) is 0 Å². The number of ketones is 2. The maximum absolute atomic E-state index is 12.2. The van der Waals surface area contributed by atoms with Crippen molar-refractivity contribution in [3.63, 3.8) is 0 Å². The van der Waals surface area contributed by atoms with Crippen molar-refractivity contribution in [1.82, 2.24) is 0 Å². The van der Waals surface area contributed by atoms with E-state index in [1.807, 2.05) is 13.0 Å². The smallest absolute Gasteiger partial charge is 0.186 e. The van der Waals surface area contributed by atoms with Crippen molar-refractivity contribution in [3.05, 3.63) is 58.7 Å². The predicted octanol–water partition coefficient (Wildman–Crippen LogP) is 3.83. The molecular formula is C21H24O3. The molecular weight excluding hydrogens is 300 g/mol. The Labute approximate surface area is 143 Å². The summed E-state index contributed by atoms with van der Waals surface area (Å²) >= 11 is 0. The third kappa shape index (κ3) is 2.57. The zero-order chi connectivity index (χ0) is 17.6. The molecule has 2 aliphatic carbocycles. The standard InChI is InChI=1S/C21H24O3/c1-12-5-10-19(24)21(3,4)16(12)11-14-6-7-15-17(22)8-9-18(23)20(15)13(14)2/h6-9,16,19,24H,1,5,10-11H2,2-4H3. The molecule has 0 bridgehead atoms. The molecule has 3 rings (SSSR count). The molecule has 1 N–H and O–H groups in total. The lowest BCUT2D eigenvalue weighted by Gasteiger charge is -2.44. The number of fused-ring (bicyclic) bond motifs is 1. The first-order valence-electron chi connectivity index (χ1n) is 8.48. The lowest BCUT2D eigenvalue weighted by molar-refractivity contribution is -0.00636. The van der Waals surface area contributed by atoms with E-state index in [9.17, 15) is 14.7 Å². The molecule has 3 heteroatoms. The van der Waals surface area contributed by atoms with Crippen LogP contribution in [-0.2, 0) is 6.42 Å². The molecule has 1 fully saturated rings. The number of carbonyl (C=O) groups is 2. The zero-order valence-corrected chi connectivity index (χ0v) is 14.6. The highest BCUT2D eigenvalue weighted by Gasteiger charge is 2.41. The van der Waals surface area contributed by atoms with Gasteiger partial charge in [-0.05, 0) is 60.8 Å². The van der Waals surface area contributed by atoms with Crippen molar-refractivity contribution in [2.24, 2.45) is 11.3 Å². The second-order valence-corrected chi connectivity index (χ2v) is 7.62. The molecule has 1 aromatic rings. The summed E-state index contributed by atoms with van der Waals surface area (Å²) in [5, 5.41) is 10.4. The van der Waals surface area contributed by atoms with Gasteiger partial charge in [0.15, 0.2) is 11.6 Å². The van der Waals surface area contributed by atoms with E-state index in [0.29, 0.717) is 11.1 Å². The summed E-state index contributed by atoms with van der Waals surface area (Å²) in [6.45, 7) is 10.3. The molecule has 126 valence electrons. The Morgan fingerprint density at radius 3 is 2.58 bits per heavy atom. The number of rotatable bonds is 2. The van der Waals surface area contributed by atoms with Gasteiger partial charge in [0.1, 0.15) is 0 Å². The van der Waals surface area contributed by atoms with E-state index in [1.165, 1.54) is 12.2 Å². The summed E-state index contributed by atoms with van der Waals surface area (Å²) < 4.78 is 0. The van der Waals surface area contributed by atoms with E-state index in [0.717, 1.165) is 36.0 Å². The van der Waals surface area contributed by atoms with Crippen LogP contribution in [0.15, 0.2) is 36.4 Å². The predicted molar refractivity (Wildman–Crippen MR) is 94.3 cm³/mol. The fourth-order valence-corrected chi connectivity index (χ4v) is 4.08. The molecule has 1 saturated carbocycles. The van der Waals surface area contributed by atoms with Crippen molar-refractivity contribution >= 4 is 11.6 Å². The third-order valence-electron chi connectivity index (χ3n) is 5.89. The Morgan fingerprint density at radius 1 is 1.21 bits per heavy atom. The van der Waals surface area contributed by atoms with Crippen LogP contribution in [0.4, 0.5) is 0 Å². The second-order valence-electron chi connectivity index (χ2n) is 7.62. The summed E-state index contributed by atoms with van der Waals surface area (Å²) in [6.07, 6.45) is 4.66. The maximum atomic E-state index is 12.2. The van der Waals surface area contributed by atoms with Crippen molar-refractivity contribution in [2.75, 3.05) is 0 Å². The molecule has 0 aliphatic heterocycles. The van der Waals surface area contributed by atoms with Crippen LogP contribution in [0.2, 0.25) is 0 Å². The highest BCUT2D eigenvalue weighted by molar-refractivity contribution is 6.22. The molecule has 0 spiro atoms. The lowest BCUT2D eigenvalue weighted by atomic mass is 9.63. The van der Waals surface area contributed by atoms with Gasteiger partial charge >= 0.3 is 0 Å². The molecule has 0 saturated heterocycles. The SMILES string of the molecule is C=C1CCC(O)C(C)(C)C1Cc1ccc2c(c1C)C(=O)C=CC2=O. The molecule has 2 aliphatic rings. The van der Waals surface area contributed by atoms with Gasteiger partial charge in [0.05, 0.1) is 6.10 Å². The maximum Gasteiger partial charge on any atom is 0.186 e. The number of aliphatic hydroxyl groups excluding tert-OH is 1. The van der Waals surface area contributed by atoms with E-state index in [-0.39, 0.29) is 29.0 Å². The Balaban J connectivity index is 2.00. The van der Waals surface area contributed by atoms with Gasteiger partial charge in [-0.25, -0.2) is 0 Å². The van der Waals surface area contributed by atoms with E-state index < -0.39 is 0 Å². The van der Waals surface area contributed by atoms with Crippen LogP contribution in [0.5, 0.6) is 0 Å². The summed E-state index contributed by atoms with van der Waals surface area (Å²) in [5.41, 5.74) is 3.85. The summed E-state index contributed by atoms with van der Waals surface area (Å²) in [7, 11) is 0. The molecule has 0 radical (unpaired) electrons. The van der Waals surface area contributed by atoms with Crippen LogP contribution in [0.25, 0.3) is 0 Å². The largest absolute Gasteiger partial charge is 0.393 e. The minimum absolute atomic E-state index is 0.106. The van der Waals surface area contributed by atoms with E-state index in [1.54, 1.807) is 6.07 Å². The van der Waals surface area contributed by atoms with Gasteiger partial charge in [-0.3, -0.25) is 9.59 Å². The van der Waals surface area contributed by atoms with E-state index in [4.69, 9.17) is 0 Å². The number of carbonyl (C=O) groups excluding carboxylic acids is 2. The van der Waals surface area contributed by atoms with Crippen LogP contribution < -0.4 is 0 Å². The van der Waals surface area contributed by atoms with Crippen LogP contribution >= 0.6 is 0 Å². The van der Waals surface area contributed by atoms with Gasteiger partial charge in [-0.2, -0.15) is 0 Å². The number of hydrogen-bond acceptors (Lipinski definition) is 3. The number of benzene rings is 1. The quantitative estimate of drug-likeness (QED) is 0.841. The average Bonchev–Trinajstić information content (AvgIpc) is 2.53. The molecule has 1 aromatic carbocycles. The first kappa shape index (κ1) is 16.8. The molecule has 0 amide bonds. The lowest BCUT2D eigenvalue weighted by Crippen LogP contribution is -2.42. The summed E-state index contributed by atoms with van der Waals surface area (Å²) in [6, 6.07) is 3.71. The monoisotopic (exact) mass is 324 g/mol.